The maximum absolute atomic E-state index is 10.3. The van der Waals surface area contributed by atoms with Crippen LogP contribution in [-0.2, 0) is 4.79 Å². The van der Waals surface area contributed by atoms with Crippen LogP contribution in [0.4, 0.5) is 0 Å². The fourth-order valence-corrected chi connectivity index (χ4v) is 0.891. The summed E-state index contributed by atoms with van der Waals surface area (Å²) >= 11 is 3.65. The molecular formula is C10H13NO6S. The molecule has 0 heterocycles. The molecule has 0 amide bonds. The monoisotopic (exact) mass is 275 g/mol. The van der Waals surface area contributed by atoms with E-state index in [1.807, 2.05) is 0 Å². The highest BCUT2D eigenvalue weighted by atomic mass is 32.1. The molecule has 8 heteroatoms. The molecule has 1 aromatic carbocycles. The highest BCUT2D eigenvalue weighted by Gasteiger charge is 2.06. The minimum Gasteiger partial charge on any atom is -0.504 e. The lowest BCUT2D eigenvalue weighted by molar-refractivity contribution is -0.137. The molecule has 18 heavy (non-hydrogen) atoms. The summed E-state index contributed by atoms with van der Waals surface area (Å²) in [4.78, 5) is 20.0. The Labute approximate surface area is 108 Å². The third-order valence-corrected chi connectivity index (χ3v) is 2.13. The first-order valence-electron chi connectivity index (χ1n) is 4.64. The number of benzene rings is 1. The van der Waals surface area contributed by atoms with Gasteiger partial charge < -0.3 is 26.2 Å². The molecule has 0 aliphatic carbocycles. The topological polar surface area (TPSA) is 141 Å². The zero-order valence-electron chi connectivity index (χ0n) is 9.15. The summed E-state index contributed by atoms with van der Waals surface area (Å²) in [6.07, 6.45) is 0. The molecule has 1 unspecified atom stereocenters. The Bertz CT molecular complexity index is 436. The number of aromatic hydroxyl groups is 2. The van der Waals surface area contributed by atoms with Gasteiger partial charge in [0, 0.05) is 5.75 Å². The van der Waals surface area contributed by atoms with Crippen molar-refractivity contribution in [2.75, 3.05) is 5.75 Å². The molecule has 0 aromatic heterocycles. The van der Waals surface area contributed by atoms with Crippen molar-refractivity contribution in [3.63, 3.8) is 0 Å². The standard InChI is InChI=1S/C7H6O4.C3H7NO2S/c8-5-2-1-4(7(10)11)3-6(5)9;4-2(1-7)3(5)6/h1-3,8-9H,(H,10,11);2,7H,1,4H2,(H,5,6). The lowest BCUT2D eigenvalue weighted by Gasteiger charge is -1.97. The molecule has 0 bridgehead atoms. The molecule has 0 aliphatic heterocycles. The van der Waals surface area contributed by atoms with Crippen LogP contribution in [0.5, 0.6) is 11.5 Å². The van der Waals surface area contributed by atoms with E-state index in [9.17, 15) is 9.59 Å². The first kappa shape index (κ1) is 16.1. The molecule has 0 saturated carbocycles. The van der Waals surface area contributed by atoms with Crippen molar-refractivity contribution in [2.45, 2.75) is 6.04 Å². The minimum atomic E-state index is -1.14. The largest absolute Gasteiger partial charge is 0.504 e. The van der Waals surface area contributed by atoms with Gasteiger partial charge in [0.05, 0.1) is 5.56 Å². The summed E-state index contributed by atoms with van der Waals surface area (Å²) in [6, 6.07) is 2.50. The molecule has 0 aliphatic rings. The van der Waals surface area contributed by atoms with Gasteiger partial charge in [-0.2, -0.15) is 12.6 Å². The number of hydrogen-bond acceptors (Lipinski definition) is 6. The van der Waals surface area contributed by atoms with Gasteiger partial charge in [0.25, 0.3) is 0 Å². The quantitative estimate of drug-likeness (QED) is 0.340. The van der Waals surface area contributed by atoms with Crippen molar-refractivity contribution in [1.29, 1.82) is 0 Å². The lowest BCUT2D eigenvalue weighted by Crippen LogP contribution is -2.31. The van der Waals surface area contributed by atoms with E-state index in [4.69, 9.17) is 26.2 Å². The zero-order valence-corrected chi connectivity index (χ0v) is 10.0. The number of aliphatic carboxylic acids is 1. The number of rotatable bonds is 3. The second kappa shape index (κ2) is 7.41. The van der Waals surface area contributed by atoms with Crippen molar-refractivity contribution < 1.29 is 30.0 Å². The second-order valence-corrected chi connectivity index (χ2v) is 3.50. The number of phenols is 2. The van der Waals surface area contributed by atoms with Crippen molar-refractivity contribution in [1.82, 2.24) is 0 Å². The normalized spacial score (nSPS) is 11.0. The van der Waals surface area contributed by atoms with Gasteiger partial charge in [0.1, 0.15) is 6.04 Å². The van der Waals surface area contributed by atoms with E-state index in [1.54, 1.807) is 0 Å². The number of nitrogens with two attached hydrogens (primary N) is 1. The third kappa shape index (κ3) is 5.41. The van der Waals surface area contributed by atoms with Crippen LogP contribution in [-0.4, -0.2) is 44.2 Å². The van der Waals surface area contributed by atoms with Gasteiger partial charge in [-0.1, -0.05) is 0 Å². The van der Waals surface area contributed by atoms with Gasteiger partial charge in [-0.05, 0) is 18.2 Å². The van der Waals surface area contributed by atoms with E-state index in [1.165, 1.54) is 6.07 Å². The van der Waals surface area contributed by atoms with Crippen molar-refractivity contribution >= 4 is 24.6 Å². The van der Waals surface area contributed by atoms with Gasteiger partial charge in [-0.3, -0.25) is 4.79 Å². The number of carbonyl (C=O) groups is 2. The van der Waals surface area contributed by atoms with Crippen LogP contribution < -0.4 is 5.73 Å². The van der Waals surface area contributed by atoms with E-state index in [0.29, 0.717) is 0 Å². The van der Waals surface area contributed by atoms with Crippen LogP contribution in [0.25, 0.3) is 0 Å². The number of hydrogen-bond donors (Lipinski definition) is 6. The van der Waals surface area contributed by atoms with Gasteiger partial charge in [-0.25, -0.2) is 4.79 Å². The maximum atomic E-state index is 10.3. The van der Waals surface area contributed by atoms with E-state index in [0.717, 1.165) is 12.1 Å². The second-order valence-electron chi connectivity index (χ2n) is 3.14. The average Bonchev–Trinajstić information content (AvgIpc) is 2.32. The highest BCUT2D eigenvalue weighted by Crippen LogP contribution is 2.24. The molecule has 1 rings (SSSR count). The summed E-state index contributed by atoms with van der Waals surface area (Å²) in [7, 11) is 0. The zero-order chi connectivity index (χ0) is 14.3. The Hall–Kier alpha value is -1.93. The highest BCUT2D eigenvalue weighted by molar-refractivity contribution is 7.80. The molecule has 100 valence electrons. The number of phenolic OH excluding ortho intramolecular Hbond substituents is 2. The van der Waals surface area contributed by atoms with Crippen LogP contribution >= 0.6 is 12.6 Å². The Balaban J connectivity index is 0.000000360. The first-order valence-corrected chi connectivity index (χ1v) is 5.27. The fraction of sp³-hybridized carbons (Fsp3) is 0.200. The van der Waals surface area contributed by atoms with Crippen LogP contribution in [0.1, 0.15) is 10.4 Å². The lowest BCUT2D eigenvalue weighted by atomic mass is 10.2. The molecular weight excluding hydrogens is 262 g/mol. The van der Waals surface area contributed by atoms with Crippen LogP contribution in [0.2, 0.25) is 0 Å². The fourth-order valence-electron chi connectivity index (χ4n) is 0.735. The Morgan fingerprint density at radius 2 is 1.78 bits per heavy atom. The van der Waals surface area contributed by atoms with Crippen molar-refractivity contribution in [2.24, 2.45) is 5.73 Å². The van der Waals surface area contributed by atoms with E-state index < -0.39 is 23.7 Å². The van der Waals surface area contributed by atoms with Crippen LogP contribution in [0, 0.1) is 0 Å². The van der Waals surface area contributed by atoms with Gasteiger partial charge >= 0.3 is 11.9 Å². The molecule has 7 nitrogen and oxygen atoms in total. The third-order valence-electron chi connectivity index (χ3n) is 1.74. The average molecular weight is 275 g/mol. The Kier molecular flexibility index (Phi) is 6.61. The van der Waals surface area contributed by atoms with E-state index in [2.05, 4.69) is 12.6 Å². The van der Waals surface area contributed by atoms with E-state index in [-0.39, 0.29) is 17.1 Å². The van der Waals surface area contributed by atoms with Crippen molar-refractivity contribution in [3.05, 3.63) is 23.8 Å². The minimum absolute atomic E-state index is 0.0553. The number of aromatic carboxylic acids is 1. The van der Waals surface area contributed by atoms with Crippen molar-refractivity contribution in [3.8, 4) is 11.5 Å². The predicted molar refractivity (Wildman–Crippen MR) is 66.2 cm³/mol. The molecule has 0 spiro atoms. The SMILES string of the molecule is NC(CS)C(=O)O.O=C(O)c1ccc(O)c(O)c1. The molecule has 6 N–H and O–H groups in total. The summed E-state index contributed by atoms with van der Waals surface area (Å²) in [6.45, 7) is 0. The molecule has 0 saturated heterocycles. The molecule has 1 atom stereocenters. The van der Waals surface area contributed by atoms with Crippen LogP contribution in [0.15, 0.2) is 18.2 Å². The molecule has 1 aromatic rings. The number of carboxylic acid groups (broad SMARTS) is 2. The summed E-state index contributed by atoms with van der Waals surface area (Å²) in [5, 5.41) is 34.0. The van der Waals surface area contributed by atoms with Gasteiger partial charge in [-0.15, -0.1) is 0 Å². The molecule has 0 fully saturated rings. The van der Waals surface area contributed by atoms with Gasteiger partial charge in [0.2, 0.25) is 0 Å². The van der Waals surface area contributed by atoms with Gasteiger partial charge in [0.15, 0.2) is 11.5 Å². The smallest absolute Gasteiger partial charge is 0.335 e. The summed E-state index contributed by atoms with van der Waals surface area (Å²) in [5.41, 5.74) is 4.88. The summed E-state index contributed by atoms with van der Waals surface area (Å²) in [5.74, 6) is -2.70. The molecule has 0 radical (unpaired) electrons. The first-order chi connectivity index (χ1) is 8.29. The van der Waals surface area contributed by atoms with Crippen LogP contribution in [0.3, 0.4) is 0 Å². The Morgan fingerprint density at radius 1 is 1.22 bits per heavy atom. The number of carboxylic acids is 2. The predicted octanol–water partition coefficient (Wildman–Crippen LogP) is 0.124. The van der Waals surface area contributed by atoms with E-state index >= 15 is 0 Å². The number of thiol groups is 1. The Morgan fingerprint density at radius 3 is 2.06 bits per heavy atom. The summed E-state index contributed by atoms with van der Waals surface area (Å²) < 4.78 is 0. The maximum Gasteiger partial charge on any atom is 0.335 e.